The summed E-state index contributed by atoms with van der Waals surface area (Å²) in [6.07, 6.45) is 0. The summed E-state index contributed by atoms with van der Waals surface area (Å²) in [5.41, 5.74) is 9.58. The van der Waals surface area contributed by atoms with E-state index in [1.165, 1.54) is 6.07 Å². The summed E-state index contributed by atoms with van der Waals surface area (Å²) in [5, 5.41) is 3.18. The van der Waals surface area contributed by atoms with Crippen LogP contribution in [0.15, 0.2) is 36.4 Å². The highest BCUT2D eigenvalue weighted by atomic mass is 32.1. The third-order valence-electron chi connectivity index (χ3n) is 2.98. The SMILES string of the molecule is Cc1ccc(Nc2c(C)cccc2C(N)=S)cc1F. The zero-order chi connectivity index (χ0) is 14.0. The van der Waals surface area contributed by atoms with Gasteiger partial charge in [-0.25, -0.2) is 4.39 Å². The summed E-state index contributed by atoms with van der Waals surface area (Å²) in [6, 6.07) is 10.7. The Bertz CT molecular complexity index is 638. The molecule has 0 aromatic heterocycles. The van der Waals surface area contributed by atoms with Gasteiger partial charge in [0.05, 0.1) is 5.69 Å². The van der Waals surface area contributed by atoms with E-state index in [9.17, 15) is 4.39 Å². The Labute approximate surface area is 117 Å². The smallest absolute Gasteiger partial charge is 0.128 e. The Kier molecular flexibility index (Phi) is 3.81. The standard InChI is InChI=1S/C15H15FN2S/c1-9-6-7-11(8-13(9)16)18-14-10(2)4-3-5-12(14)15(17)19/h3-8,18H,1-2H3,(H2,17,19). The number of halogens is 1. The maximum absolute atomic E-state index is 13.6. The van der Waals surface area contributed by atoms with Gasteiger partial charge in [0.2, 0.25) is 0 Å². The monoisotopic (exact) mass is 274 g/mol. The number of thiocarbonyl (C=S) groups is 1. The number of nitrogens with one attached hydrogen (secondary N) is 1. The lowest BCUT2D eigenvalue weighted by atomic mass is 10.1. The van der Waals surface area contributed by atoms with Crippen molar-refractivity contribution >= 4 is 28.6 Å². The fourth-order valence-electron chi connectivity index (χ4n) is 1.85. The Hall–Kier alpha value is -1.94. The Morgan fingerprint density at radius 1 is 1.16 bits per heavy atom. The Balaban J connectivity index is 2.42. The average molecular weight is 274 g/mol. The molecule has 0 atom stereocenters. The number of benzene rings is 2. The summed E-state index contributed by atoms with van der Waals surface area (Å²) in [4.78, 5) is 0.318. The molecule has 0 bridgehead atoms. The van der Waals surface area contributed by atoms with E-state index in [-0.39, 0.29) is 5.82 Å². The van der Waals surface area contributed by atoms with Crippen LogP contribution >= 0.6 is 12.2 Å². The van der Waals surface area contributed by atoms with E-state index in [1.807, 2.05) is 31.2 Å². The van der Waals surface area contributed by atoms with Crippen molar-refractivity contribution in [3.8, 4) is 0 Å². The number of rotatable bonds is 3. The number of hydrogen-bond donors (Lipinski definition) is 2. The fraction of sp³-hybridized carbons (Fsp3) is 0.133. The lowest BCUT2D eigenvalue weighted by molar-refractivity contribution is 0.619. The number of nitrogens with two attached hydrogens (primary N) is 1. The molecule has 0 saturated carbocycles. The fourth-order valence-corrected chi connectivity index (χ4v) is 2.02. The lowest BCUT2D eigenvalue weighted by Gasteiger charge is -2.14. The Morgan fingerprint density at radius 3 is 2.53 bits per heavy atom. The van der Waals surface area contributed by atoms with Gasteiger partial charge in [-0.1, -0.05) is 30.4 Å². The zero-order valence-electron chi connectivity index (χ0n) is 10.8. The van der Waals surface area contributed by atoms with Crippen molar-refractivity contribution in [2.45, 2.75) is 13.8 Å². The van der Waals surface area contributed by atoms with Crippen molar-refractivity contribution in [1.82, 2.24) is 0 Å². The van der Waals surface area contributed by atoms with Gasteiger partial charge >= 0.3 is 0 Å². The highest BCUT2D eigenvalue weighted by Crippen LogP contribution is 2.25. The van der Waals surface area contributed by atoms with Crippen molar-refractivity contribution in [3.63, 3.8) is 0 Å². The molecule has 0 fully saturated rings. The van der Waals surface area contributed by atoms with Crippen LogP contribution in [-0.2, 0) is 0 Å². The molecule has 4 heteroatoms. The quantitative estimate of drug-likeness (QED) is 0.836. The molecule has 2 nitrogen and oxygen atoms in total. The molecule has 0 aliphatic carbocycles. The van der Waals surface area contributed by atoms with Crippen LogP contribution in [0, 0.1) is 19.7 Å². The molecule has 2 rings (SSSR count). The van der Waals surface area contributed by atoms with Gasteiger partial charge in [-0.3, -0.25) is 0 Å². The third-order valence-corrected chi connectivity index (χ3v) is 3.20. The van der Waals surface area contributed by atoms with Crippen molar-refractivity contribution in [3.05, 3.63) is 58.9 Å². The van der Waals surface area contributed by atoms with Gasteiger partial charge in [0, 0.05) is 11.3 Å². The molecule has 0 unspecified atom stereocenters. The number of hydrogen-bond acceptors (Lipinski definition) is 2. The summed E-state index contributed by atoms with van der Waals surface area (Å²) >= 11 is 5.04. The van der Waals surface area contributed by atoms with Crippen molar-refractivity contribution in [1.29, 1.82) is 0 Å². The molecule has 98 valence electrons. The van der Waals surface area contributed by atoms with Gasteiger partial charge < -0.3 is 11.1 Å². The number of anilines is 2. The largest absolute Gasteiger partial charge is 0.389 e. The molecule has 0 amide bonds. The first-order chi connectivity index (χ1) is 8.99. The van der Waals surface area contributed by atoms with E-state index in [2.05, 4.69) is 5.32 Å². The van der Waals surface area contributed by atoms with Crippen LogP contribution in [0.2, 0.25) is 0 Å². The minimum absolute atomic E-state index is 0.240. The second-order valence-corrected chi connectivity index (χ2v) is 4.89. The molecule has 0 aliphatic rings. The lowest BCUT2D eigenvalue weighted by Crippen LogP contribution is -2.12. The molecule has 2 aromatic carbocycles. The number of para-hydroxylation sites is 1. The van der Waals surface area contributed by atoms with Gasteiger partial charge in [-0.05, 0) is 43.2 Å². The van der Waals surface area contributed by atoms with Crippen molar-refractivity contribution in [2.75, 3.05) is 5.32 Å². The van der Waals surface area contributed by atoms with Crippen LogP contribution in [0.4, 0.5) is 15.8 Å². The zero-order valence-corrected chi connectivity index (χ0v) is 11.6. The first-order valence-corrected chi connectivity index (χ1v) is 6.32. The summed E-state index contributed by atoms with van der Waals surface area (Å²) in [7, 11) is 0. The van der Waals surface area contributed by atoms with Crippen LogP contribution in [0.25, 0.3) is 0 Å². The first kappa shape index (κ1) is 13.5. The normalized spacial score (nSPS) is 10.3. The van der Waals surface area contributed by atoms with Crippen LogP contribution < -0.4 is 11.1 Å². The summed E-state index contributed by atoms with van der Waals surface area (Å²) in [6.45, 7) is 3.68. The maximum atomic E-state index is 13.6. The summed E-state index contributed by atoms with van der Waals surface area (Å²) in [5.74, 6) is -0.240. The van der Waals surface area contributed by atoms with E-state index in [0.717, 1.165) is 16.8 Å². The maximum Gasteiger partial charge on any atom is 0.128 e. The van der Waals surface area contributed by atoms with Gasteiger partial charge in [0.25, 0.3) is 0 Å². The van der Waals surface area contributed by atoms with E-state index < -0.39 is 0 Å². The van der Waals surface area contributed by atoms with Crippen LogP contribution in [-0.4, -0.2) is 4.99 Å². The van der Waals surface area contributed by atoms with Crippen molar-refractivity contribution < 1.29 is 4.39 Å². The minimum atomic E-state index is -0.240. The molecule has 19 heavy (non-hydrogen) atoms. The van der Waals surface area contributed by atoms with Crippen molar-refractivity contribution in [2.24, 2.45) is 5.73 Å². The number of aryl methyl sites for hydroxylation is 2. The molecule has 0 saturated heterocycles. The molecule has 0 spiro atoms. The second-order valence-electron chi connectivity index (χ2n) is 4.45. The van der Waals surface area contributed by atoms with Gasteiger partial charge in [-0.2, -0.15) is 0 Å². The van der Waals surface area contributed by atoms with E-state index in [0.29, 0.717) is 16.2 Å². The molecule has 0 heterocycles. The molecule has 3 N–H and O–H groups in total. The minimum Gasteiger partial charge on any atom is -0.389 e. The van der Waals surface area contributed by atoms with E-state index in [1.54, 1.807) is 13.0 Å². The predicted molar refractivity (Wildman–Crippen MR) is 81.5 cm³/mol. The van der Waals surface area contributed by atoms with E-state index >= 15 is 0 Å². The molecular formula is C15H15FN2S. The van der Waals surface area contributed by atoms with Gasteiger partial charge in [0.1, 0.15) is 10.8 Å². The molecule has 2 aromatic rings. The van der Waals surface area contributed by atoms with Crippen LogP contribution in [0.3, 0.4) is 0 Å². The molecular weight excluding hydrogens is 259 g/mol. The third kappa shape index (κ3) is 2.90. The second kappa shape index (κ2) is 5.36. The van der Waals surface area contributed by atoms with Crippen LogP contribution in [0.1, 0.15) is 16.7 Å². The predicted octanol–water partition coefficient (Wildman–Crippen LogP) is 3.82. The van der Waals surface area contributed by atoms with Gasteiger partial charge in [0.15, 0.2) is 0 Å². The topological polar surface area (TPSA) is 38.0 Å². The first-order valence-electron chi connectivity index (χ1n) is 5.91. The highest BCUT2D eigenvalue weighted by Gasteiger charge is 2.09. The molecule has 0 aliphatic heterocycles. The average Bonchev–Trinajstić information content (AvgIpc) is 2.36. The van der Waals surface area contributed by atoms with Crippen LogP contribution in [0.5, 0.6) is 0 Å². The summed E-state index contributed by atoms with van der Waals surface area (Å²) < 4.78 is 13.6. The molecule has 0 radical (unpaired) electrons. The van der Waals surface area contributed by atoms with Gasteiger partial charge in [-0.15, -0.1) is 0 Å². The van der Waals surface area contributed by atoms with E-state index in [4.69, 9.17) is 18.0 Å². The Morgan fingerprint density at radius 2 is 1.89 bits per heavy atom. The highest BCUT2D eigenvalue weighted by molar-refractivity contribution is 7.80.